The fourth-order valence-corrected chi connectivity index (χ4v) is 1.41. The number of hydrogen-bond acceptors (Lipinski definition) is 3. The summed E-state index contributed by atoms with van der Waals surface area (Å²) in [6.45, 7) is 2.85. The van der Waals surface area contributed by atoms with E-state index in [9.17, 15) is 0 Å². The van der Waals surface area contributed by atoms with Crippen LogP contribution in [-0.4, -0.2) is 22.8 Å². The first-order chi connectivity index (χ1) is 5.27. The van der Waals surface area contributed by atoms with E-state index >= 15 is 0 Å². The molecule has 0 fully saturated rings. The third kappa shape index (κ3) is 2.27. The van der Waals surface area contributed by atoms with Crippen LogP contribution in [0.5, 0.6) is 0 Å². The van der Waals surface area contributed by atoms with Gasteiger partial charge in [-0.15, -0.1) is 24.8 Å². The highest BCUT2D eigenvalue weighted by Gasteiger charge is 2.18. The molecule has 0 bridgehead atoms. The van der Waals surface area contributed by atoms with E-state index in [0.29, 0.717) is 0 Å². The minimum Gasteiger partial charge on any atom is -0.367 e. The number of nitrogens with one attached hydrogen (secondary N) is 2. The second kappa shape index (κ2) is 4.69. The molecule has 1 unspecified atom stereocenters. The lowest BCUT2D eigenvalue weighted by Crippen LogP contribution is -2.35. The van der Waals surface area contributed by atoms with E-state index in [1.807, 2.05) is 6.92 Å². The van der Waals surface area contributed by atoms with Crippen LogP contribution in [0.1, 0.15) is 11.3 Å². The Balaban J connectivity index is 0.000000720. The first-order valence-corrected chi connectivity index (χ1v) is 3.80. The maximum atomic E-state index is 5.77. The van der Waals surface area contributed by atoms with Gasteiger partial charge in [-0.3, -0.25) is 5.10 Å². The van der Waals surface area contributed by atoms with Crippen molar-refractivity contribution >= 4 is 30.6 Å². The van der Waals surface area contributed by atoms with Crippen LogP contribution in [0.3, 0.4) is 0 Å². The minimum absolute atomic E-state index is 0. The van der Waals surface area contributed by atoms with Crippen LogP contribution >= 0.6 is 24.8 Å². The topological polar surface area (TPSA) is 66.7 Å². The highest BCUT2D eigenvalue weighted by atomic mass is 35.5. The molecule has 0 spiro atoms. The summed E-state index contributed by atoms with van der Waals surface area (Å²) in [5.41, 5.74) is 8.14. The van der Waals surface area contributed by atoms with E-state index in [4.69, 9.17) is 5.73 Å². The van der Waals surface area contributed by atoms with E-state index in [1.165, 1.54) is 5.56 Å². The summed E-state index contributed by atoms with van der Waals surface area (Å²) in [6, 6.07) is 0.235. The van der Waals surface area contributed by atoms with Gasteiger partial charge in [0.05, 0.1) is 0 Å². The van der Waals surface area contributed by atoms with E-state index in [2.05, 4.69) is 15.5 Å². The summed E-state index contributed by atoms with van der Waals surface area (Å²) in [4.78, 5) is 0. The van der Waals surface area contributed by atoms with Crippen LogP contribution in [0.15, 0.2) is 0 Å². The standard InChI is InChI=1S/C7H12N4.2ClH/c1-4-6-2-5(8)3-9-7(6)11-10-4;;/h5H,2-3,8H2,1H3,(H2,9,10,11);2*1H. The maximum Gasteiger partial charge on any atom is 0.151 e. The van der Waals surface area contributed by atoms with Gasteiger partial charge in [0.15, 0.2) is 5.82 Å². The van der Waals surface area contributed by atoms with Crippen LogP contribution in [0.2, 0.25) is 0 Å². The van der Waals surface area contributed by atoms with Gasteiger partial charge in [-0.05, 0) is 13.3 Å². The molecule has 0 radical (unpaired) electrons. The molecule has 0 amide bonds. The van der Waals surface area contributed by atoms with Gasteiger partial charge in [0.1, 0.15) is 0 Å². The number of aromatic amines is 1. The molecule has 4 nitrogen and oxygen atoms in total. The Labute approximate surface area is 89.5 Å². The minimum atomic E-state index is 0. The number of rotatable bonds is 0. The Morgan fingerprint density at radius 1 is 1.46 bits per heavy atom. The van der Waals surface area contributed by atoms with Crippen molar-refractivity contribution < 1.29 is 0 Å². The second-order valence-corrected chi connectivity index (χ2v) is 3.02. The van der Waals surface area contributed by atoms with Gasteiger partial charge in [-0.1, -0.05) is 0 Å². The molecule has 0 saturated carbocycles. The van der Waals surface area contributed by atoms with Crippen LogP contribution in [-0.2, 0) is 6.42 Å². The van der Waals surface area contributed by atoms with Crippen molar-refractivity contribution in [3.63, 3.8) is 0 Å². The van der Waals surface area contributed by atoms with Gasteiger partial charge >= 0.3 is 0 Å². The van der Waals surface area contributed by atoms with Crippen molar-refractivity contribution in [1.29, 1.82) is 0 Å². The number of hydrogen-bond donors (Lipinski definition) is 3. The number of aryl methyl sites for hydroxylation is 1. The summed E-state index contributed by atoms with van der Waals surface area (Å²) in [5.74, 6) is 0.976. The van der Waals surface area contributed by atoms with Gasteiger partial charge in [0, 0.05) is 23.8 Å². The van der Waals surface area contributed by atoms with E-state index < -0.39 is 0 Å². The van der Waals surface area contributed by atoms with Gasteiger partial charge in [-0.25, -0.2) is 0 Å². The zero-order valence-electron chi connectivity index (χ0n) is 7.33. The average Bonchev–Trinajstić information content (AvgIpc) is 2.33. The Bertz CT molecular complexity index is 273. The lowest BCUT2D eigenvalue weighted by atomic mass is 10.0. The number of H-pyrrole nitrogens is 1. The van der Waals surface area contributed by atoms with Crippen LogP contribution in [0, 0.1) is 6.92 Å². The summed E-state index contributed by atoms with van der Waals surface area (Å²) in [7, 11) is 0. The zero-order chi connectivity index (χ0) is 7.84. The molecule has 1 aliphatic rings. The molecule has 0 aromatic carbocycles. The number of anilines is 1. The predicted molar refractivity (Wildman–Crippen MR) is 58.0 cm³/mol. The molecule has 6 heteroatoms. The molecule has 1 aliphatic heterocycles. The number of aromatic nitrogens is 2. The van der Waals surface area contributed by atoms with Gasteiger partial charge < -0.3 is 11.1 Å². The zero-order valence-corrected chi connectivity index (χ0v) is 8.97. The molecule has 0 aliphatic carbocycles. The van der Waals surface area contributed by atoms with Gasteiger partial charge in [-0.2, -0.15) is 5.10 Å². The molecule has 76 valence electrons. The largest absolute Gasteiger partial charge is 0.367 e. The monoisotopic (exact) mass is 224 g/mol. The van der Waals surface area contributed by atoms with Crippen molar-refractivity contribution in [3.8, 4) is 0 Å². The van der Waals surface area contributed by atoms with Crippen LogP contribution in [0.4, 0.5) is 5.82 Å². The Hall–Kier alpha value is -0.450. The van der Waals surface area contributed by atoms with Crippen LogP contribution < -0.4 is 11.1 Å². The molecular weight excluding hydrogens is 211 g/mol. The SMILES string of the molecule is Cc1[nH]nc2c1CC(N)CN2.Cl.Cl. The first-order valence-electron chi connectivity index (χ1n) is 3.80. The molecule has 13 heavy (non-hydrogen) atoms. The molecule has 2 heterocycles. The van der Waals surface area contributed by atoms with Crippen molar-refractivity contribution in [3.05, 3.63) is 11.3 Å². The Kier molecular flexibility index (Phi) is 4.53. The molecule has 4 N–H and O–H groups in total. The van der Waals surface area contributed by atoms with Crippen molar-refractivity contribution in [2.75, 3.05) is 11.9 Å². The fraction of sp³-hybridized carbons (Fsp3) is 0.571. The fourth-order valence-electron chi connectivity index (χ4n) is 1.41. The molecule has 1 atom stereocenters. The van der Waals surface area contributed by atoms with E-state index in [-0.39, 0.29) is 30.9 Å². The summed E-state index contributed by atoms with van der Waals surface area (Å²) in [6.07, 6.45) is 0.935. The smallest absolute Gasteiger partial charge is 0.151 e. The average molecular weight is 225 g/mol. The van der Waals surface area contributed by atoms with E-state index in [0.717, 1.165) is 24.5 Å². The number of halogens is 2. The van der Waals surface area contributed by atoms with Crippen molar-refractivity contribution in [1.82, 2.24) is 10.2 Å². The second-order valence-electron chi connectivity index (χ2n) is 3.02. The Morgan fingerprint density at radius 3 is 2.85 bits per heavy atom. The molecule has 1 aromatic heterocycles. The maximum absolute atomic E-state index is 5.77. The predicted octanol–water partition coefficient (Wildman–Crippen LogP) is 0.857. The number of fused-ring (bicyclic) bond motifs is 1. The lowest BCUT2D eigenvalue weighted by molar-refractivity contribution is 0.676. The number of nitrogens with zero attached hydrogens (tertiary/aromatic N) is 1. The third-order valence-corrected chi connectivity index (χ3v) is 2.07. The first kappa shape index (κ1) is 12.6. The molecular formula is C7H14Cl2N4. The molecule has 2 rings (SSSR count). The third-order valence-electron chi connectivity index (χ3n) is 2.07. The summed E-state index contributed by atoms with van der Waals surface area (Å²) in [5, 5.41) is 10.2. The highest BCUT2D eigenvalue weighted by Crippen LogP contribution is 2.20. The van der Waals surface area contributed by atoms with E-state index in [1.54, 1.807) is 0 Å². The van der Waals surface area contributed by atoms with Crippen LogP contribution in [0.25, 0.3) is 0 Å². The summed E-state index contributed by atoms with van der Waals surface area (Å²) >= 11 is 0. The van der Waals surface area contributed by atoms with Crippen molar-refractivity contribution in [2.24, 2.45) is 5.73 Å². The Morgan fingerprint density at radius 2 is 2.15 bits per heavy atom. The summed E-state index contributed by atoms with van der Waals surface area (Å²) < 4.78 is 0. The molecule has 1 aromatic rings. The van der Waals surface area contributed by atoms with Gasteiger partial charge in [0.25, 0.3) is 0 Å². The number of nitrogens with two attached hydrogens (primary N) is 1. The van der Waals surface area contributed by atoms with Gasteiger partial charge in [0.2, 0.25) is 0 Å². The normalized spacial score (nSPS) is 19.1. The van der Waals surface area contributed by atoms with Crippen molar-refractivity contribution in [2.45, 2.75) is 19.4 Å². The molecule has 0 saturated heterocycles. The highest BCUT2D eigenvalue weighted by molar-refractivity contribution is 5.85. The quantitative estimate of drug-likeness (QED) is 0.613. The lowest BCUT2D eigenvalue weighted by Gasteiger charge is -2.18.